The van der Waals surface area contributed by atoms with Gasteiger partial charge in [-0.1, -0.05) is 12.1 Å². The molecule has 2 N–H and O–H groups in total. The Kier molecular flexibility index (Phi) is 5.30. The summed E-state index contributed by atoms with van der Waals surface area (Å²) in [5, 5.41) is 4.50. The Morgan fingerprint density at radius 1 is 1.26 bits per heavy atom. The molecule has 0 spiro atoms. The third kappa shape index (κ3) is 3.93. The number of halogens is 1. The molecule has 1 atom stereocenters. The highest BCUT2D eigenvalue weighted by molar-refractivity contribution is 5.83. The van der Waals surface area contributed by atoms with Crippen LogP contribution in [0, 0.1) is 5.82 Å². The van der Waals surface area contributed by atoms with Crippen LogP contribution >= 0.6 is 0 Å². The maximum absolute atomic E-state index is 13.5. The number of aromatic amines is 1. The number of likely N-dealkylation sites (N-methyl/N-ethyl adjacent to an activating group) is 1. The molecule has 5 heteroatoms. The van der Waals surface area contributed by atoms with Gasteiger partial charge in [0.1, 0.15) is 17.7 Å². The van der Waals surface area contributed by atoms with E-state index < -0.39 is 0 Å². The molecule has 1 aromatic heterocycles. The molecule has 2 heterocycles. The lowest BCUT2D eigenvalue weighted by Crippen LogP contribution is -2.45. The van der Waals surface area contributed by atoms with E-state index in [0.717, 1.165) is 55.7 Å². The first-order valence-electron chi connectivity index (χ1n) is 9.71. The Morgan fingerprint density at radius 3 is 3.04 bits per heavy atom. The summed E-state index contributed by atoms with van der Waals surface area (Å²) in [6.07, 6.45) is 4.07. The van der Waals surface area contributed by atoms with Crippen molar-refractivity contribution in [3.8, 4) is 5.75 Å². The third-order valence-corrected chi connectivity index (χ3v) is 5.21. The van der Waals surface area contributed by atoms with Crippen molar-refractivity contribution >= 4 is 16.6 Å². The Morgan fingerprint density at radius 2 is 2.15 bits per heavy atom. The fraction of sp³-hybridized carbons (Fsp3) is 0.364. The molecule has 0 fully saturated rings. The molecule has 142 valence electrons. The Hall–Kier alpha value is -2.53. The van der Waals surface area contributed by atoms with E-state index in [1.54, 1.807) is 12.1 Å². The number of fused-ring (bicyclic) bond motifs is 2. The summed E-state index contributed by atoms with van der Waals surface area (Å²) < 4.78 is 19.6. The minimum absolute atomic E-state index is 0.155. The second kappa shape index (κ2) is 8.01. The van der Waals surface area contributed by atoms with Gasteiger partial charge in [-0.25, -0.2) is 4.39 Å². The molecule has 2 aromatic carbocycles. The number of benzene rings is 2. The van der Waals surface area contributed by atoms with Crippen LogP contribution < -0.4 is 15.0 Å². The number of anilines is 1. The molecule has 0 radical (unpaired) electrons. The maximum Gasteiger partial charge on any atom is 0.143 e. The van der Waals surface area contributed by atoms with E-state index in [2.05, 4.69) is 34.3 Å². The van der Waals surface area contributed by atoms with Crippen LogP contribution in [-0.4, -0.2) is 37.3 Å². The number of H-pyrrole nitrogens is 1. The average molecular weight is 367 g/mol. The van der Waals surface area contributed by atoms with Crippen LogP contribution in [0.5, 0.6) is 5.75 Å². The zero-order valence-electron chi connectivity index (χ0n) is 15.7. The van der Waals surface area contributed by atoms with Crippen LogP contribution in [0.3, 0.4) is 0 Å². The summed E-state index contributed by atoms with van der Waals surface area (Å²) in [4.78, 5) is 5.58. The van der Waals surface area contributed by atoms with Crippen molar-refractivity contribution in [3.05, 3.63) is 60.0 Å². The van der Waals surface area contributed by atoms with E-state index in [4.69, 9.17) is 4.74 Å². The number of para-hydroxylation sites is 2. The van der Waals surface area contributed by atoms with Crippen LogP contribution in [0.1, 0.15) is 18.9 Å². The lowest BCUT2D eigenvalue weighted by Gasteiger charge is -2.35. The fourth-order valence-electron chi connectivity index (χ4n) is 3.81. The average Bonchev–Trinajstić information content (AvgIpc) is 3.09. The topological polar surface area (TPSA) is 40.3 Å². The maximum atomic E-state index is 13.5. The lowest BCUT2D eigenvalue weighted by molar-refractivity contribution is 0.190. The van der Waals surface area contributed by atoms with Gasteiger partial charge in [-0.15, -0.1) is 0 Å². The zero-order chi connectivity index (χ0) is 18.6. The highest BCUT2D eigenvalue weighted by atomic mass is 19.1. The van der Waals surface area contributed by atoms with Gasteiger partial charge in [0.25, 0.3) is 0 Å². The summed E-state index contributed by atoms with van der Waals surface area (Å²) in [5.41, 5.74) is 3.35. The predicted octanol–water partition coefficient (Wildman–Crippen LogP) is 4.12. The van der Waals surface area contributed by atoms with E-state index in [0.29, 0.717) is 0 Å². The van der Waals surface area contributed by atoms with E-state index >= 15 is 0 Å². The largest absolute Gasteiger partial charge is 0.485 e. The summed E-state index contributed by atoms with van der Waals surface area (Å²) >= 11 is 0. The summed E-state index contributed by atoms with van der Waals surface area (Å²) in [7, 11) is 0. The lowest BCUT2D eigenvalue weighted by atomic mass is 10.1. The SMILES string of the molecule is CCN1CC(CNCCCc2c[nH]c3ccc(F)cc23)Oc2ccccc21. The Labute approximate surface area is 159 Å². The predicted molar refractivity (Wildman–Crippen MR) is 108 cm³/mol. The number of rotatable bonds is 7. The molecule has 27 heavy (non-hydrogen) atoms. The van der Waals surface area contributed by atoms with Crippen molar-refractivity contribution in [2.45, 2.75) is 25.9 Å². The van der Waals surface area contributed by atoms with Crippen molar-refractivity contribution in [2.75, 3.05) is 31.1 Å². The third-order valence-electron chi connectivity index (χ3n) is 5.21. The van der Waals surface area contributed by atoms with E-state index in [1.807, 2.05) is 18.3 Å². The van der Waals surface area contributed by atoms with Gasteiger partial charge in [-0.3, -0.25) is 0 Å². The minimum Gasteiger partial charge on any atom is -0.485 e. The molecule has 0 bridgehead atoms. The van der Waals surface area contributed by atoms with E-state index in [9.17, 15) is 4.39 Å². The number of hydrogen-bond donors (Lipinski definition) is 2. The first kappa shape index (κ1) is 17.9. The normalized spacial score (nSPS) is 16.4. The highest BCUT2D eigenvalue weighted by Crippen LogP contribution is 2.32. The number of nitrogens with one attached hydrogen (secondary N) is 2. The fourth-order valence-corrected chi connectivity index (χ4v) is 3.81. The van der Waals surface area contributed by atoms with Gasteiger partial charge in [-0.05, 0) is 62.2 Å². The molecule has 3 aromatic rings. The summed E-state index contributed by atoms with van der Waals surface area (Å²) in [6, 6.07) is 13.1. The molecular formula is C22H26FN3O. The number of ether oxygens (including phenoxy) is 1. The van der Waals surface area contributed by atoms with Gasteiger partial charge in [0.2, 0.25) is 0 Å². The van der Waals surface area contributed by atoms with Crippen LogP contribution in [0.25, 0.3) is 10.9 Å². The monoisotopic (exact) mass is 367 g/mol. The molecule has 0 saturated heterocycles. The van der Waals surface area contributed by atoms with E-state index in [-0.39, 0.29) is 11.9 Å². The molecule has 1 aliphatic heterocycles. The second-order valence-electron chi connectivity index (χ2n) is 7.06. The van der Waals surface area contributed by atoms with Crippen LogP contribution in [0.2, 0.25) is 0 Å². The highest BCUT2D eigenvalue weighted by Gasteiger charge is 2.23. The molecule has 4 rings (SSSR count). The molecule has 1 aliphatic rings. The van der Waals surface area contributed by atoms with Gasteiger partial charge >= 0.3 is 0 Å². The van der Waals surface area contributed by atoms with Crippen molar-refractivity contribution in [1.82, 2.24) is 10.3 Å². The molecule has 0 amide bonds. The number of aromatic nitrogens is 1. The molecule has 0 aliphatic carbocycles. The van der Waals surface area contributed by atoms with Crippen molar-refractivity contribution in [2.24, 2.45) is 0 Å². The first-order chi connectivity index (χ1) is 13.2. The standard InChI is InChI=1S/C22H26FN3O/c1-2-26-15-18(27-22-8-4-3-7-21(22)26)14-24-11-5-6-16-13-25-20-10-9-17(23)12-19(16)20/h3-4,7-10,12-13,18,24-25H,2,5-6,11,14-15H2,1H3. The molecule has 1 unspecified atom stereocenters. The minimum atomic E-state index is -0.184. The molecule has 4 nitrogen and oxygen atoms in total. The van der Waals surface area contributed by atoms with Crippen LogP contribution in [-0.2, 0) is 6.42 Å². The number of nitrogens with zero attached hydrogens (tertiary/aromatic N) is 1. The van der Waals surface area contributed by atoms with Crippen molar-refractivity contribution in [3.63, 3.8) is 0 Å². The van der Waals surface area contributed by atoms with Crippen LogP contribution in [0.15, 0.2) is 48.7 Å². The van der Waals surface area contributed by atoms with Gasteiger partial charge < -0.3 is 19.9 Å². The Bertz CT molecular complexity index is 907. The first-order valence-corrected chi connectivity index (χ1v) is 9.71. The van der Waals surface area contributed by atoms with Gasteiger partial charge in [-0.2, -0.15) is 0 Å². The molecular weight excluding hydrogens is 341 g/mol. The number of aryl methyl sites for hydroxylation is 1. The number of hydrogen-bond acceptors (Lipinski definition) is 3. The smallest absolute Gasteiger partial charge is 0.143 e. The summed E-state index contributed by atoms with van der Waals surface area (Å²) in [5.74, 6) is 0.787. The molecule has 0 saturated carbocycles. The van der Waals surface area contributed by atoms with E-state index in [1.165, 1.54) is 17.3 Å². The zero-order valence-corrected chi connectivity index (χ0v) is 15.7. The second-order valence-corrected chi connectivity index (χ2v) is 7.06. The van der Waals surface area contributed by atoms with Crippen LogP contribution in [0.4, 0.5) is 10.1 Å². The van der Waals surface area contributed by atoms with Gasteiger partial charge in [0, 0.05) is 30.2 Å². The van der Waals surface area contributed by atoms with Crippen molar-refractivity contribution in [1.29, 1.82) is 0 Å². The Balaban J connectivity index is 1.26. The van der Waals surface area contributed by atoms with Gasteiger partial charge in [0.05, 0.1) is 12.2 Å². The van der Waals surface area contributed by atoms with Crippen molar-refractivity contribution < 1.29 is 9.13 Å². The summed E-state index contributed by atoms with van der Waals surface area (Å²) in [6.45, 7) is 5.80. The quantitative estimate of drug-likeness (QED) is 0.617. The van der Waals surface area contributed by atoms with Gasteiger partial charge in [0.15, 0.2) is 0 Å².